The van der Waals surface area contributed by atoms with Crippen LogP contribution >= 0.6 is 0 Å². The van der Waals surface area contributed by atoms with Gasteiger partial charge in [0.15, 0.2) is 17.3 Å². The fourth-order valence-electron chi connectivity index (χ4n) is 4.41. The molecule has 2 heterocycles. The molecule has 0 radical (unpaired) electrons. The summed E-state index contributed by atoms with van der Waals surface area (Å²) in [4.78, 5) is 13.1. The average Bonchev–Trinajstić information content (AvgIpc) is 3.05. The molecule has 0 fully saturated rings. The maximum absolute atomic E-state index is 13.5. The molecule has 27 heavy (non-hydrogen) atoms. The first-order chi connectivity index (χ1) is 12.9. The summed E-state index contributed by atoms with van der Waals surface area (Å²) in [6.07, 6.45) is 1.30. The van der Waals surface area contributed by atoms with Crippen LogP contribution in [-0.4, -0.2) is 12.6 Å². The highest BCUT2D eigenvalue weighted by Crippen LogP contribution is 2.51. The van der Waals surface area contributed by atoms with E-state index in [0.29, 0.717) is 17.9 Å². The topological polar surface area (TPSA) is 47.6 Å². The van der Waals surface area contributed by atoms with Crippen molar-refractivity contribution in [2.24, 2.45) is 5.41 Å². The standard InChI is InChI=1S/C22H20FNO3/c1-22(2)9-16-21(17(25)10-22)20(12-3-5-13(23)6-4-12)14-7-18-19(27-11-26-18)8-15(14)24-16/h3-8,20,24H,9-11H2,1-2H3/t20-/m1/s1. The number of allylic oxidation sites excluding steroid dienone is 2. The average molecular weight is 365 g/mol. The summed E-state index contributed by atoms with van der Waals surface area (Å²) in [6.45, 7) is 4.41. The smallest absolute Gasteiger partial charge is 0.231 e. The number of benzene rings is 2. The first kappa shape index (κ1) is 16.4. The number of halogens is 1. The van der Waals surface area contributed by atoms with Crippen LogP contribution < -0.4 is 14.8 Å². The van der Waals surface area contributed by atoms with Crippen LogP contribution in [0.15, 0.2) is 47.7 Å². The van der Waals surface area contributed by atoms with Gasteiger partial charge < -0.3 is 14.8 Å². The third kappa shape index (κ3) is 2.60. The van der Waals surface area contributed by atoms with Crippen LogP contribution in [0.2, 0.25) is 0 Å². The number of Topliss-reactive ketones (excluding diaryl/α,β-unsaturated/α-hetero) is 1. The lowest BCUT2D eigenvalue weighted by Gasteiger charge is -2.39. The number of hydrogen-bond donors (Lipinski definition) is 1. The molecule has 1 atom stereocenters. The SMILES string of the molecule is CC1(C)CC(=O)C2=C(C1)Nc1cc3c(cc1[C@H]2c1ccc(F)cc1)OCO3. The van der Waals surface area contributed by atoms with Crippen molar-refractivity contribution < 1.29 is 18.7 Å². The molecule has 138 valence electrons. The first-order valence-electron chi connectivity index (χ1n) is 9.14. The Morgan fingerprint density at radius 3 is 2.52 bits per heavy atom. The minimum absolute atomic E-state index is 0.0931. The normalized spacial score (nSPS) is 22.2. The molecule has 0 saturated heterocycles. The lowest BCUT2D eigenvalue weighted by atomic mass is 9.68. The van der Waals surface area contributed by atoms with Crippen molar-refractivity contribution in [3.05, 3.63) is 64.6 Å². The number of ketones is 1. The summed E-state index contributed by atoms with van der Waals surface area (Å²) in [6, 6.07) is 10.3. The molecule has 1 N–H and O–H groups in total. The zero-order valence-electron chi connectivity index (χ0n) is 15.3. The fourth-order valence-corrected chi connectivity index (χ4v) is 4.41. The van der Waals surface area contributed by atoms with Crippen LogP contribution in [0.5, 0.6) is 11.5 Å². The van der Waals surface area contributed by atoms with Crippen LogP contribution in [0.3, 0.4) is 0 Å². The second-order valence-corrected chi connectivity index (χ2v) is 8.24. The van der Waals surface area contributed by atoms with E-state index in [4.69, 9.17) is 9.47 Å². The Morgan fingerprint density at radius 1 is 1.07 bits per heavy atom. The van der Waals surface area contributed by atoms with E-state index in [1.54, 1.807) is 12.1 Å². The molecule has 4 nitrogen and oxygen atoms in total. The number of anilines is 1. The zero-order valence-corrected chi connectivity index (χ0v) is 15.3. The summed E-state index contributed by atoms with van der Waals surface area (Å²) in [5.74, 6) is 0.991. The Kier molecular flexibility index (Phi) is 3.39. The van der Waals surface area contributed by atoms with Gasteiger partial charge in [-0.2, -0.15) is 0 Å². The van der Waals surface area contributed by atoms with Gasteiger partial charge in [0.05, 0.1) is 0 Å². The Labute approximate surface area is 157 Å². The monoisotopic (exact) mass is 365 g/mol. The third-order valence-electron chi connectivity index (χ3n) is 5.55. The Balaban J connectivity index is 1.72. The summed E-state index contributed by atoms with van der Waals surface area (Å²) >= 11 is 0. The van der Waals surface area contributed by atoms with Gasteiger partial charge in [0, 0.05) is 35.4 Å². The Hall–Kier alpha value is -2.82. The van der Waals surface area contributed by atoms with Crippen LogP contribution in [0, 0.1) is 11.2 Å². The van der Waals surface area contributed by atoms with E-state index < -0.39 is 0 Å². The molecule has 0 unspecified atom stereocenters. The van der Waals surface area contributed by atoms with Crippen molar-refractivity contribution >= 4 is 11.5 Å². The minimum Gasteiger partial charge on any atom is -0.454 e. The number of fused-ring (bicyclic) bond motifs is 2. The number of nitrogens with one attached hydrogen (secondary N) is 1. The second kappa shape index (κ2) is 5.59. The van der Waals surface area contributed by atoms with Crippen molar-refractivity contribution in [3.8, 4) is 11.5 Å². The molecule has 1 aliphatic carbocycles. The molecular formula is C22H20FNO3. The van der Waals surface area contributed by atoms with Gasteiger partial charge >= 0.3 is 0 Å². The minimum atomic E-state index is -0.288. The number of carbonyl (C=O) groups excluding carboxylic acids is 1. The largest absolute Gasteiger partial charge is 0.454 e. The molecule has 0 amide bonds. The highest BCUT2D eigenvalue weighted by atomic mass is 19.1. The van der Waals surface area contributed by atoms with E-state index in [9.17, 15) is 9.18 Å². The number of rotatable bonds is 1. The van der Waals surface area contributed by atoms with Gasteiger partial charge in [-0.1, -0.05) is 26.0 Å². The second-order valence-electron chi connectivity index (χ2n) is 8.24. The lowest BCUT2D eigenvalue weighted by molar-refractivity contribution is -0.118. The predicted molar refractivity (Wildman–Crippen MR) is 99.5 cm³/mol. The quantitative estimate of drug-likeness (QED) is 0.792. The van der Waals surface area contributed by atoms with Crippen molar-refractivity contribution in [1.82, 2.24) is 0 Å². The van der Waals surface area contributed by atoms with Crippen LogP contribution in [0.4, 0.5) is 10.1 Å². The molecule has 2 aromatic rings. The number of carbonyl (C=O) groups is 1. The number of ether oxygens (including phenoxy) is 2. The van der Waals surface area contributed by atoms with Crippen molar-refractivity contribution in [2.75, 3.05) is 12.1 Å². The number of hydrogen-bond acceptors (Lipinski definition) is 4. The molecule has 0 aromatic heterocycles. The first-order valence-corrected chi connectivity index (χ1v) is 9.14. The lowest BCUT2D eigenvalue weighted by Crippen LogP contribution is -2.33. The van der Waals surface area contributed by atoms with E-state index in [0.717, 1.165) is 34.5 Å². The molecular weight excluding hydrogens is 345 g/mol. The predicted octanol–water partition coefficient (Wildman–Crippen LogP) is 4.76. The van der Waals surface area contributed by atoms with E-state index >= 15 is 0 Å². The van der Waals surface area contributed by atoms with E-state index in [1.807, 2.05) is 12.1 Å². The molecule has 5 heteroatoms. The summed E-state index contributed by atoms with van der Waals surface area (Å²) in [5, 5.41) is 3.47. The van der Waals surface area contributed by atoms with Crippen LogP contribution in [-0.2, 0) is 4.79 Å². The van der Waals surface area contributed by atoms with Crippen molar-refractivity contribution in [3.63, 3.8) is 0 Å². The molecule has 2 aliphatic heterocycles. The highest BCUT2D eigenvalue weighted by Gasteiger charge is 2.41. The Bertz CT molecular complexity index is 991. The van der Waals surface area contributed by atoms with Crippen molar-refractivity contribution in [1.29, 1.82) is 0 Å². The van der Waals surface area contributed by atoms with Gasteiger partial charge in [0.25, 0.3) is 0 Å². The molecule has 0 bridgehead atoms. The van der Waals surface area contributed by atoms with Crippen molar-refractivity contribution in [2.45, 2.75) is 32.6 Å². The van der Waals surface area contributed by atoms with Crippen LogP contribution in [0.1, 0.15) is 43.7 Å². The zero-order chi connectivity index (χ0) is 18.8. The Morgan fingerprint density at radius 2 is 1.78 bits per heavy atom. The maximum atomic E-state index is 13.5. The summed E-state index contributed by atoms with van der Waals surface area (Å²) in [7, 11) is 0. The van der Waals surface area contributed by atoms with Gasteiger partial charge in [-0.25, -0.2) is 4.39 Å². The molecule has 0 saturated carbocycles. The van der Waals surface area contributed by atoms with Gasteiger partial charge in [-0.05, 0) is 41.2 Å². The van der Waals surface area contributed by atoms with E-state index in [2.05, 4.69) is 19.2 Å². The molecule has 2 aromatic carbocycles. The fraction of sp³-hybridized carbons (Fsp3) is 0.318. The summed E-state index contributed by atoms with van der Waals surface area (Å²) in [5.41, 5.74) is 4.42. The third-order valence-corrected chi connectivity index (χ3v) is 5.55. The highest BCUT2D eigenvalue weighted by molar-refractivity contribution is 6.01. The molecule has 0 spiro atoms. The molecule has 5 rings (SSSR count). The van der Waals surface area contributed by atoms with Gasteiger partial charge in [-0.15, -0.1) is 0 Å². The summed E-state index contributed by atoms with van der Waals surface area (Å²) < 4.78 is 24.6. The maximum Gasteiger partial charge on any atom is 0.231 e. The van der Waals surface area contributed by atoms with Crippen LogP contribution in [0.25, 0.3) is 0 Å². The van der Waals surface area contributed by atoms with E-state index in [1.165, 1.54) is 12.1 Å². The van der Waals surface area contributed by atoms with Gasteiger partial charge in [0.1, 0.15) is 5.82 Å². The van der Waals surface area contributed by atoms with Gasteiger partial charge in [0.2, 0.25) is 6.79 Å². The van der Waals surface area contributed by atoms with E-state index in [-0.39, 0.29) is 29.7 Å². The van der Waals surface area contributed by atoms with Gasteiger partial charge in [-0.3, -0.25) is 4.79 Å². The molecule has 3 aliphatic rings.